The number of nitrogens with zero attached hydrogens (tertiary/aromatic N) is 3. The Morgan fingerprint density at radius 1 is 0.981 bits per heavy atom. The number of nitrogens with one attached hydrogen (secondary N) is 3. The summed E-state index contributed by atoms with van der Waals surface area (Å²) >= 11 is 6.43. The van der Waals surface area contributed by atoms with E-state index < -0.39 is 10.0 Å². The first kappa shape index (κ1) is 40.9. The molecule has 2 amide bonds. The van der Waals surface area contributed by atoms with E-state index in [1.54, 1.807) is 30.3 Å². The number of halogens is 1. The fraction of sp³-hybridized carbons (Fsp3) is 0.615. The number of Topliss-reactive ketones (excluding diaryl/α,β-unsaturated/α-hetero) is 1. The van der Waals surface area contributed by atoms with Gasteiger partial charge in [-0.1, -0.05) is 31.4 Å². The molecule has 2 saturated heterocycles. The maximum atomic E-state index is 13.3. The van der Waals surface area contributed by atoms with E-state index >= 15 is 0 Å². The predicted molar refractivity (Wildman–Crippen MR) is 206 cm³/mol. The number of fused-ring (bicyclic) bond motifs is 1. The Labute approximate surface area is 320 Å². The Morgan fingerprint density at radius 2 is 1.75 bits per heavy atom. The molecule has 2 fully saturated rings. The van der Waals surface area contributed by atoms with Crippen molar-refractivity contribution in [1.82, 2.24) is 25.2 Å². The molecule has 3 aliphatic rings. The molecule has 14 heteroatoms. The zero-order chi connectivity index (χ0) is 37.6. The Hall–Kier alpha value is -3.25. The van der Waals surface area contributed by atoms with Crippen molar-refractivity contribution >= 4 is 39.1 Å². The van der Waals surface area contributed by atoms with Crippen LogP contribution in [0.1, 0.15) is 88.4 Å². The molecule has 0 unspecified atom stereocenters. The van der Waals surface area contributed by atoms with E-state index in [-0.39, 0.29) is 29.1 Å². The van der Waals surface area contributed by atoms with Gasteiger partial charge >= 0.3 is 6.03 Å². The lowest BCUT2D eigenvalue weighted by Crippen LogP contribution is -2.43. The molecular formula is C39H55ClN6O6S. The molecule has 0 radical (unpaired) electrons. The molecule has 0 aromatic heterocycles. The molecule has 3 N–H and O–H groups in total. The smallest absolute Gasteiger partial charge is 0.314 e. The number of amides is 2. The summed E-state index contributed by atoms with van der Waals surface area (Å²) in [6, 6.07) is 9.85. The molecule has 0 bridgehead atoms. The predicted octanol–water partition coefficient (Wildman–Crippen LogP) is 6.02. The van der Waals surface area contributed by atoms with Gasteiger partial charge in [-0.3, -0.25) is 14.6 Å². The number of hydrogen-bond acceptors (Lipinski definition) is 8. The highest BCUT2D eigenvalue weighted by atomic mass is 35.5. The second-order valence-corrected chi connectivity index (χ2v) is 16.4. The minimum Gasteiger partial charge on any atom is -0.484 e. The standard InChI is InChI=1S/C39H55ClN6O6S/c1-3-10-31(47)11-6-4-7-17-42-39(48)43-18-23-51-24-22-45-21-16-30(28-45)44-53(49,50)33-14-12-32(13-15-33)52-38-35-25-29(40)26-36(41-2)34(35)27-37(38)46-19-8-5-9-20-46/h12-15,25-26,30,37-38,44H,3-11,16-24,27-28H2,1H3,(H2,42,43,48)/t30-,37+,38+/m1/s1. The van der Waals surface area contributed by atoms with Crippen molar-refractivity contribution < 1.29 is 27.5 Å². The van der Waals surface area contributed by atoms with Gasteiger partial charge in [-0.25, -0.2) is 22.8 Å². The van der Waals surface area contributed by atoms with E-state index in [2.05, 4.69) is 30.0 Å². The van der Waals surface area contributed by atoms with Gasteiger partial charge in [-0.2, -0.15) is 0 Å². The Balaban J connectivity index is 1.01. The van der Waals surface area contributed by atoms with Crippen LogP contribution in [0.25, 0.3) is 4.85 Å². The van der Waals surface area contributed by atoms with Crippen LogP contribution < -0.4 is 20.1 Å². The molecule has 5 rings (SSSR count). The van der Waals surface area contributed by atoms with E-state index in [0.29, 0.717) is 80.9 Å². The highest BCUT2D eigenvalue weighted by Gasteiger charge is 2.40. The van der Waals surface area contributed by atoms with Crippen LogP contribution in [0.5, 0.6) is 5.75 Å². The van der Waals surface area contributed by atoms with Gasteiger partial charge in [0.1, 0.15) is 17.6 Å². The van der Waals surface area contributed by atoms with Gasteiger partial charge in [-0.15, -0.1) is 0 Å². The Kier molecular flexibility index (Phi) is 15.8. The van der Waals surface area contributed by atoms with Gasteiger partial charge in [0.15, 0.2) is 5.69 Å². The summed E-state index contributed by atoms with van der Waals surface area (Å²) < 4.78 is 41.8. The van der Waals surface area contributed by atoms with Crippen LogP contribution in [0.4, 0.5) is 10.5 Å². The second-order valence-electron chi connectivity index (χ2n) is 14.3. The largest absolute Gasteiger partial charge is 0.484 e. The topological polar surface area (TPSA) is 134 Å². The number of rotatable bonds is 20. The molecule has 12 nitrogen and oxygen atoms in total. The molecule has 290 valence electrons. The lowest BCUT2D eigenvalue weighted by Gasteiger charge is -2.36. The average Bonchev–Trinajstić information content (AvgIpc) is 3.75. The molecule has 0 spiro atoms. The summed E-state index contributed by atoms with van der Waals surface area (Å²) in [5, 5.41) is 6.13. The number of carbonyl (C=O) groups excluding carboxylic acids is 2. The lowest BCUT2D eigenvalue weighted by atomic mass is 10.0. The first-order valence-electron chi connectivity index (χ1n) is 19.2. The lowest BCUT2D eigenvalue weighted by molar-refractivity contribution is -0.119. The van der Waals surface area contributed by atoms with E-state index in [4.69, 9.17) is 27.6 Å². The number of ketones is 1. The van der Waals surface area contributed by atoms with Gasteiger partial charge in [-0.05, 0) is 112 Å². The van der Waals surface area contributed by atoms with Crippen LogP contribution in [0, 0.1) is 6.57 Å². The normalized spacial score (nSPS) is 20.5. The summed E-state index contributed by atoms with van der Waals surface area (Å²) in [5.74, 6) is 0.883. The Bertz CT molecular complexity index is 1660. The SMILES string of the molecule is [C-]#[N+]c1cc(Cl)cc2c1C[C@H](N1CCCCC1)[C@H]2Oc1ccc(S(=O)(=O)N[C@@H]2CCN(CCOCCNC(=O)NCCCCCC(=O)CCC)C2)cc1. The van der Waals surface area contributed by atoms with Crippen LogP contribution >= 0.6 is 11.6 Å². The summed E-state index contributed by atoms with van der Waals surface area (Å²) in [5.41, 5.74) is 2.49. The van der Waals surface area contributed by atoms with Crippen molar-refractivity contribution in [2.24, 2.45) is 0 Å². The quantitative estimate of drug-likeness (QED) is 0.110. The monoisotopic (exact) mass is 770 g/mol. The highest BCUT2D eigenvalue weighted by Crippen LogP contribution is 2.44. The minimum atomic E-state index is -3.74. The summed E-state index contributed by atoms with van der Waals surface area (Å²) in [7, 11) is -3.74. The zero-order valence-corrected chi connectivity index (χ0v) is 32.5. The minimum absolute atomic E-state index is 0.0777. The van der Waals surface area contributed by atoms with E-state index in [1.165, 1.54) is 6.42 Å². The van der Waals surface area contributed by atoms with Crippen LogP contribution in [-0.2, 0) is 26.0 Å². The number of ether oxygens (including phenoxy) is 2. The maximum absolute atomic E-state index is 13.3. The number of likely N-dealkylation sites (tertiary alicyclic amines) is 2. The summed E-state index contributed by atoms with van der Waals surface area (Å²) in [4.78, 5) is 32.1. The van der Waals surface area contributed by atoms with Crippen LogP contribution in [0.15, 0.2) is 41.3 Å². The second kappa shape index (κ2) is 20.4. The molecule has 2 aromatic carbocycles. The number of benzene rings is 2. The number of unbranched alkanes of at least 4 members (excludes halogenated alkanes) is 2. The third kappa shape index (κ3) is 12.1. The number of hydrogen-bond donors (Lipinski definition) is 3. The fourth-order valence-electron chi connectivity index (χ4n) is 7.54. The molecule has 0 saturated carbocycles. The highest BCUT2D eigenvalue weighted by molar-refractivity contribution is 7.89. The third-order valence-corrected chi connectivity index (χ3v) is 12.1. The molecule has 2 aliphatic heterocycles. The third-order valence-electron chi connectivity index (χ3n) is 10.3. The Morgan fingerprint density at radius 3 is 2.51 bits per heavy atom. The summed E-state index contributed by atoms with van der Waals surface area (Å²) in [6.45, 7) is 15.5. The van der Waals surface area contributed by atoms with Crippen molar-refractivity contribution in [2.75, 3.05) is 59.0 Å². The van der Waals surface area contributed by atoms with Crippen molar-refractivity contribution in [2.45, 2.75) is 101 Å². The van der Waals surface area contributed by atoms with E-state index in [1.807, 2.05) is 13.0 Å². The number of carbonyl (C=O) groups is 2. The zero-order valence-electron chi connectivity index (χ0n) is 30.9. The van der Waals surface area contributed by atoms with Gasteiger partial charge in [0.25, 0.3) is 0 Å². The number of sulfonamides is 1. The van der Waals surface area contributed by atoms with Gasteiger partial charge < -0.3 is 20.1 Å². The number of piperidine rings is 1. The molecule has 2 aromatic rings. The van der Waals surface area contributed by atoms with Crippen molar-refractivity contribution in [3.05, 3.63) is 64.0 Å². The van der Waals surface area contributed by atoms with Crippen LogP contribution in [0.2, 0.25) is 5.02 Å². The van der Waals surface area contributed by atoms with E-state index in [9.17, 15) is 18.0 Å². The maximum Gasteiger partial charge on any atom is 0.314 e. The van der Waals surface area contributed by atoms with E-state index in [0.717, 1.165) is 75.7 Å². The van der Waals surface area contributed by atoms with Crippen LogP contribution in [0.3, 0.4) is 0 Å². The molecule has 53 heavy (non-hydrogen) atoms. The van der Waals surface area contributed by atoms with Crippen molar-refractivity contribution in [3.63, 3.8) is 0 Å². The molecule has 3 atom stereocenters. The fourth-order valence-corrected chi connectivity index (χ4v) is 9.03. The first-order valence-corrected chi connectivity index (χ1v) is 21.1. The van der Waals surface area contributed by atoms with Gasteiger partial charge in [0.2, 0.25) is 10.0 Å². The first-order chi connectivity index (χ1) is 25.7. The summed E-state index contributed by atoms with van der Waals surface area (Å²) in [6.07, 6.45) is 9.38. The van der Waals surface area contributed by atoms with Crippen LogP contribution in [-0.4, -0.2) is 101 Å². The van der Waals surface area contributed by atoms with Gasteiger partial charge in [0, 0.05) is 50.1 Å². The molecule has 1 aliphatic carbocycles. The average molecular weight is 771 g/mol. The van der Waals surface area contributed by atoms with Crippen molar-refractivity contribution in [1.29, 1.82) is 0 Å². The van der Waals surface area contributed by atoms with Gasteiger partial charge in [0.05, 0.1) is 30.7 Å². The number of urea groups is 1. The van der Waals surface area contributed by atoms with Crippen molar-refractivity contribution in [3.8, 4) is 5.75 Å². The molecule has 2 heterocycles. The molecular weight excluding hydrogens is 716 g/mol.